The van der Waals surface area contributed by atoms with Gasteiger partial charge in [0.05, 0.1) is 17.6 Å². The lowest BCUT2D eigenvalue weighted by Crippen LogP contribution is -2.18. The van der Waals surface area contributed by atoms with E-state index in [2.05, 4.69) is 16.5 Å². The summed E-state index contributed by atoms with van der Waals surface area (Å²) in [5.41, 5.74) is 4.33. The topological polar surface area (TPSA) is 92.8 Å². The predicted octanol–water partition coefficient (Wildman–Crippen LogP) is 3.70. The van der Waals surface area contributed by atoms with Crippen molar-refractivity contribution >= 4 is 23.1 Å². The average molecular weight is 406 g/mol. The van der Waals surface area contributed by atoms with Crippen LogP contribution in [0.4, 0.5) is 0 Å². The Bertz CT molecular complexity index is 1190. The van der Waals surface area contributed by atoms with E-state index in [0.717, 1.165) is 41.0 Å². The average Bonchev–Trinajstić information content (AvgIpc) is 3.19. The predicted molar refractivity (Wildman–Crippen MR) is 116 cm³/mol. The number of hydrogen-bond acceptors (Lipinski definition) is 4. The fourth-order valence-electron chi connectivity index (χ4n) is 3.63. The molecule has 0 radical (unpaired) electrons. The van der Waals surface area contributed by atoms with Gasteiger partial charge < -0.3 is 14.3 Å². The number of ether oxygens (including phenoxy) is 1. The Kier molecular flexibility index (Phi) is 6.58. The van der Waals surface area contributed by atoms with Crippen molar-refractivity contribution < 1.29 is 9.53 Å². The molecule has 0 bridgehead atoms. The van der Waals surface area contributed by atoms with Gasteiger partial charge in [-0.05, 0) is 56.5 Å². The van der Waals surface area contributed by atoms with Gasteiger partial charge in [0.15, 0.2) is 0 Å². The van der Waals surface area contributed by atoms with Crippen molar-refractivity contribution in [3.05, 3.63) is 63.3 Å². The summed E-state index contributed by atoms with van der Waals surface area (Å²) < 4.78 is 9.07. The van der Waals surface area contributed by atoms with E-state index in [1.54, 1.807) is 10.6 Å². The molecule has 0 aliphatic heterocycles. The van der Waals surface area contributed by atoms with E-state index < -0.39 is 5.97 Å². The van der Waals surface area contributed by atoms with Gasteiger partial charge >= 0.3 is 11.7 Å². The summed E-state index contributed by atoms with van der Waals surface area (Å²) >= 11 is 0. The second-order valence-electron chi connectivity index (χ2n) is 7.24. The summed E-state index contributed by atoms with van der Waals surface area (Å²) in [4.78, 5) is 27.2. The highest BCUT2D eigenvalue weighted by Gasteiger charge is 2.14. The number of carbonyl (C=O) groups excluding carboxylic acids is 1. The molecule has 7 heteroatoms. The van der Waals surface area contributed by atoms with E-state index in [4.69, 9.17) is 4.74 Å². The number of nitriles is 1. The zero-order valence-corrected chi connectivity index (χ0v) is 17.6. The van der Waals surface area contributed by atoms with Crippen LogP contribution in [-0.4, -0.2) is 26.7 Å². The normalized spacial score (nSPS) is 11.6. The maximum absolute atomic E-state index is 12.4. The first-order valence-corrected chi connectivity index (χ1v) is 10.1. The molecule has 0 aliphatic carbocycles. The molecule has 2 aromatic heterocycles. The van der Waals surface area contributed by atoms with E-state index in [0.29, 0.717) is 13.0 Å². The Morgan fingerprint density at radius 3 is 2.73 bits per heavy atom. The van der Waals surface area contributed by atoms with Crippen LogP contribution in [0.5, 0.6) is 0 Å². The zero-order chi connectivity index (χ0) is 21.7. The number of H-pyrrole nitrogens is 1. The monoisotopic (exact) mass is 406 g/mol. The Morgan fingerprint density at radius 1 is 1.23 bits per heavy atom. The Morgan fingerprint density at radius 2 is 2.00 bits per heavy atom. The number of aromatic nitrogens is 3. The van der Waals surface area contributed by atoms with Crippen LogP contribution in [0.15, 0.2) is 40.7 Å². The molecule has 0 aliphatic rings. The SMILES string of the molecule is CCCn1c(C)cc(C=C(C#N)C(=O)OCCCn2c(=O)[nH]c3ccccc32)c1C. The molecule has 0 fully saturated rings. The molecular formula is C23H26N4O3. The highest BCUT2D eigenvalue weighted by molar-refractivity contribution is 5.98. The Balaban J connectivity index is 1.63. The summed E-state index contributed by atoms with van der Waals surface area (Å²) in [5, 5.41) is 9.41. The van der Waals surface area contributed by atoms with Gasteiger partial charge in [-0.1, -0.05) is 19.1 Å². The van der Waals surface area contributed by atoms with Gasteiger partial charge in [-0.3, -0.25) is 4.57 Å². The number of nitrogens with zero attached hydrogens (tertiary/aromatic N) is 3. The van der Waals surface area contributed by atoms with Crippen molar-refractivity contribution in [2.45, 2.75) is 46.7 Å². The Labute approximate surface area is 175 Å². The standard InChI is InChI=1S/C23H26N4O3/c1-4-10-26-16(2)13-18(17(26)3)14-19(15-24)22(28)30-12-7-11-27-21-9-6-5-8-20(21)25-23(27)29/h5-6,8-9,13-14H,4,7,10-12H2,1-3H3,(H,25,29). The summed E-state index contributed by atoms with van der Waals surface area (Å²) in [6, 6.07) is 11.4. The van der Waals surface area contributed by atoms with Crippen molar-refractivity contribution in [3.63, 3.8) is 0 Å². The molecule has 3 aromatic rings. The van der Waals surface area contributed by atoms with Crippen LogP contribution in [0.25, 0.3) is 17.1 Å². The van der Waals surface area contributed by atoms with Crippen LogP contribution >= 0.6 is 0 Å². The molecular weight excluding hydrogens is 380 g/mol. The number of esters is 1. The van der Waals surface area contributed by atoms with Crippen LogP contribution in [0.1, 0.15) is 36.7 Å². The minimum atomic E-state index is -0.649. The number of imidazole rings is 1. The fourth-order valence-corrected chi connectivity index (χ4v) is 3.63. The molecule has 30 heavy (non-hydrogen) atoms. The third kappa shape index (κ3) is 4.38. The van der Waals surface area contributed by atoms with Crippen LogP contribution in [0.3, 0.4) is 0 Å². The van der Waals surface area contributed by atoms with Crippen molar-refractivity contribution in [2.24, 2.45) is 0 Å². The molecule has 156 valence electrons. The molecule has 1 aromatic carbocycles. The summed E-state index contributed by atoms with van der Waals surface area (Å²) in [7, 11) is 0. The number of aromatic amines is 1. The summed E-state index contributed by atoms with van der Waals surface area (Å²) in [5.74, 6) is -0.649. The van der Waals surface area contributed by atoms with Gasteiger partial charge in [-0.15, -0.1) is 0 Å². The Hall–Kier alpha value is -3.53. The maximum Gasteiger partial charge on any atom is 0.348 e. The van der Waals surface area contributed by atoms with E-state index >= 15 is 0 Å². The van der Waals surface area contributed by atoms with Gasteiger partial charge in [-0.2, -0.15) is 5.26 Å². The third-order valence-corrected chi connectivity index (χ3v) is 5.14. The first-order chi connectivity index (χ1) is 14.5. The van der Waals surface area contributed by atoms with Crippen molar-refractivity contribution in [3.8, 4) is 6.07 Å². The first-order valence-electron chi connectivity index (χ1n) is 10.1. The number of carbonyl (C=O) groups is 1. The van der Waals surface area contributed by atoms with Crippen LogP contribution in [-0.2, 0) is 22.6 Å². The number of hydrogen-bond donors (Lipinski definition) is 1. The lowest BCUT2D eigenvalue weighted by Gasteiger charge is -2.07. The van der Waals surface area contributed by atoms with Crippen molar-refractivity contribution in [2.75, 3.05) is 6.61 Å². The number of rotatable bonds is 8. The molecule has 0 saturated heterocycles. The van der Waals surface area contributed by atoms with Crippen LogP contribution in [0.2, 0.25) is 0 Å². The van der Waals surface area contributed by atoms with E-state index in [-0.39, 0.29) is 17.9 Å². The molecule has 0 atom stereocenters. The minimum absolute atomic E-state index is 0.0315. The minimum Gasteiger partial charge on any atom is -0.462 e. The number of para-hydroxylation sites is 2. The quantitative estimate of drug-likeness (QED) is 0.267. The third-order valence-electron chi connectivity index (χ3n) is 5.14. The van der Waals surface area contributed by atoms with E-state index in [9.17, 15) is 14.9 Å². The molecule has 1 N–H and O–H groups in total. The van der Waals surface area contributed by atoms with Crippen LogP contribution < -0.4 is 5.69 Å². The molecule has 2 heterocycles. The summed E-state index contributed by atoms with van der Waals surface area (Å²) in [6.07, 6.45) is 3.06. The number of aryl methyl sites for hydroxylation is 2. The van der Waals surface area contributed by atoms with Gasteiger partial charge in [-0.25, -0.2) is 9.59 Å². The molecule has 0 spiro atoms. The van der Waals surface area contributed by atoms with Crippen molar-refractivity contribution in [1.82, 2.24) is 14.1 Å². The van der Waals surface area contributed by atoms with Gasteiger partial charge in [0, 0.05) is 24.5 Å². The smallest absolute Gasteiger partial charge is 0.348 e. The number of nitrogens with one attached hydrogen (secondary N) is 1. The second-order valence-corrected chi connectivity index (χ2v) is 7.24. The van der Waals surface area contributed by atoms with Gasteiger partial charge in [0.25, 0.3) is 0 Å². The van der Waals surface area contributed by atoms with E-state index in [1.807, 2.05) is 50.2 Å². The van der Waals surface area contributed by atoms with Crippen molar-refractivity contribution in [1.29, 1.82) is 5.26 Å². The molecule has 7 nitrogen and oxygen atoms in total. The number of benzene rings is 1. The lowest BCUT2D eigenvalue weighted by atomic mass is 10.1. The maximum atomic E-state index is 12.4. The zero-order valence-electron chi connectivity index (χ0n) is 17.6. The number of fused-ring (bicyclic) bond motifs is 1. The molecule has 0 unspecified atom stereocenters. The van der Waals surface area contributed by atoms with Gasteiger partial charge in [0.1, 0.15) is 11.6 Å². The van der Waals surface area contributed by atoms with E-state index in [1.165, 1.54) is 0 Å². The van der Waals surface area contributed by atoms with Crippen LogP contribution in [0, 0.1) is 25.2 Å². The van der Waals surface area contributed by atoms with Gasteiger partial charge in [0.2, 0.25) is 0 Å². The summed E-state index contributed by atoms with van der Waals surface area (Å²) in [6.45, 7) is 7.53. The first kappa shape index (κ1) is 21.2. The molecule has 0 amide bonds. The largest absolute Gasteiger partial charge is 0.462 e. The second kappa shape index (κ2) is 9.31. The highest BCUT2D eigenvalue weighted by Crippen LogP contribution is 2.19. The fraction of sp³-hybridized carbons (Fsp3) is 0.348. The molecule has 0 saturated carbocycles. The molecule has 3 rings (SSSR count). The lowest BCUT2D eigenvalue weighted by molar-refractivity contribution is -0.138. The highest BCUT2D eigenvalue weighted by atomic mass is 16.5.